The van der Waals surface area contributed by atoms with Crippen LogP contribution >= 0.6 is 0 Å². The van der Waals surface area contributed by atoms with E-state index in [-0.39, 0.29) is 11.8 Å². The Balaban J connectivity index is 1.51. The summed E-state index contributed by atoms with van der Waals surface area (Å²) in [6, 6.07) is 7.95. The van der Waals surface area contributed by atoms with Gasteiger partial charge in [-0.05, 0) is 49.4 Å². The molecule has 0 bridgehead atoms. The summed E-state index contributed by atoms with van der Waals surface area (Å²) in [4.78, 5) is 12.1. The fraction of sp³-hybridized carbons (Fsp3) is 0.562. The minimum atomic E-state index is 0.102. The number of amides is 1. The zero-order chi connectivity index (χ0) is 13.8. The van der Waals surface area contributed by atoms with E-state index < -0.39 is 0 Å². The standard InChI is InChI=1S/C16H22N2O2/c19-16(14-6-7-17-9-14)18-15-3-1-2-13(8-15)11-20-10-12-4-5-12/h1-3,8,12,14,17H,4-7,9-11H2,(H,18,19). The van der Waals surface area contributed by atoms with Crippen LogP contribution in [0.2, 0.25) is 0 Å². The number of carbonyl (C=O) groups excluding carboxylic acids is 1. The maximum Gasteiger partial charge on any atom is 0.228 e. The van der Waals surface area contributed by atoms with E-state index >= 15 is 0 Å². The van der Waals surface area contributed by atoms with E-state index in [2.05, 4.69) is 10.6 Å². The lowest BCUT2D eigenvalue weighted by atomic mass is 10.1. The van der Waals surface area contributed by atoms with Crippen LogP contribution in [0, 0.1) is 11.8 Å². The van der Waals surface area contributed by atoms with E-state index in [9.17, 15) is 4.79 Å². The van der Waals surface area contributed by atoms with Gasteiger partial charge < -0.3 is 15.4 Å². The Morgan fingerprint density at radius 2 is 2.25 bits per heavy atom. The Labute approximate surface area is 119 Å². The van der Waals surface area contributed by atoms with Crippen LogP contribution in [-0.2, 0) is 16.1 Å². The van der Waals surface area contributed by atoms with Gasteiger partial charge in [-0.1, -0.05) is 12.1 Å². The molecule has 2 fully saturated rings. The zero-order valence-corrected chi connectivity index (χ0v) is 11.7. The number of ether oxygens (including phenoxy) is 1. The van der Waals surface area contributed by atoms with Crippen molar-refractivity contribution in [2.24, 2.45) is 11.8 Å². The van der Waals surface area contributed by atoms with Crippen LogP contribution in [0.3, 0.4) is 0 Å². The second-order valence-corrected chi connectivity index (χ2v) is 5.84. The van der Waals surface area contributed by atoms with Crippen LogP contribution in [-0.4, -0.2) is 25.6 Å². The predicted molar refractivity (Wildman–Crippen MR) is 78.4 cm³/mol. The van der Waals surface area contributed by atoms with Crippen molar-refractivity contribution in [3.8, 4) is 0 Å². The molecule has 3 rings (SSSR count). The monoisotopic (exact) mass is 274 g/mol. The summed E-state index contributed by atoms with van der Waals surface area (Å²) in [6.45, 7) is 3.22. The van der Waals surface area contributed by atoms with E-state index in [1.165, 1.54) is 12.8 Å². The van der Waals surface area contributed by atoms with Crippen molar-refractivity contribution >= 4 is 11.6 Å². The highest BCUT2D eigenvalue weighted by Crippen LogP contribution is 2.29. The summed E-state index contributed by atoms with van der Waals surface area (Å²) in [6.07, 6.45) is 3.55. The molecule has 1 atom stereocenters. The molecule has 1 saturated carbocycles. The SMILES string of the molecule is O=C(Nc1cccc(COCC2CC2)c1)C1CCNC1. The van der Waals surface area contributed by atoms with Crippen molar-refractivity contribution in [2.75, 3.05) is 25.0 Å². The van der Waals surface area contributed by atoms with Crippen molar-refractivity contribution in [3.05, 3.63) is 29.8 Å². The molecular formula is C16H22N2O2. The van der Waals surface area contributed by atoms with Gasteiger partial charge in [-0.15, -0.1) is 0 Å². The van der Waals surface area contributed by atoms with Gasteiger partial charge in [0.15, 0.2) is 0 Å². The van der Waals surface area contributed by atoms with E-state index in [0.29, 0.717) is 6.61 Å². The molecule has 1 heterocycles. The minimum absolute atomic E-state index is 0.102. The van der Waals surface area contributed by atoms with E-state index in [1.54, 1.807) is 0 Å². The van der Waals surface area contributed by atoms with Gasteiger partial charge in [-0.25, -0.2) is 0 Å². The quantitative estimate of drug-likeness (QED) is 0.836. The molecule has 4 nitrogen and oxygen atoms in total. The summed E-state index contributed by atoms with van der Waals surface area (Å²) in [7, 11) is 0. The number of rotatable bonds is 6. The first kappa shape index (κ1) is 13.6. The highest BCUT2D eigenvalue weighted by Gasteiger charge is 2.22. The third-order valence-electron chi connectivity index (χ3n) is 3.94. The van der Waals surface area contributed by atoms with Gasteiger partial charge in [0.2, 0.25) is 5.91 Å². The van der Waals surface area contributed by atoms with Gasteiger partial charge in [-0.2, -0.15) is 0 Å². The second-order valence-electron chi connectivity index (χ2n) is 5.84. The molecule has 2 aliphatic rings. The maximum absolute atomic E-state index is 12.1. The first-order chi connectivity index (χ1) is 9.81. The average molecular weight is 274 g/mol. The van der Waals surface area contributed by atoms with E-state index in [4.69, 9.17) is 4.74 Å². The van der Waals surface area contributed by atoms with E-state index in [1.807, 2.05) is 24.3 Å². The largest absolute Gasteiger partial charge is 0.376 e. The molecule has 1 saturated heterocycles. The Morgan fingerprint density at radius 3 is 3.00 bits per heavy atom. The Bertz CT molecular complexity index is 465. The molecule has 1 aliphatic carbocycles. The maximum atomic E-state index is 12.1. The molecular weight excluding hydrogens is 252 g/mol. The van der Waals surface area contributed by atoms with Gasteiger partial charge in [0.25, 0.3) is 0 Å². The number of hydrogen-bond acceptors (Lipinski definition) is 3. The van der Waals surface area contributed by atoms with Gasteiger partial charge in [0, 0.05) is 18.8 Å². The molecule has 0 radical (unpaired) electrons. The first-order valence-electron chi connectivity index (χ1n) is 7.49. The van der Waals surface area contributed by atoms with E-state index in [0.717, 1.165) is 43.3 Å². The van der Waals surface area contributed by atoms with Gasteiger partial charge in [-0.3, -0.25) is 4.79 Å². The van der Waals surface area contributed by atoms with Crippen molar-refractivity contribution in [2.45, 2.75) is 25.9 Å². The van der Waals surface area contributed by atoms with Crippen LogP contribution < -0.4 is 10.6 Å². The van der Waals surface area contributed by atoms with Crippen LogP contribution in [0.25, 0.3) is 0 Å². The second kappa shape index (κ2) is 6.37. The third kappa shape index (κ3) is 3.81. The molecule has 1 aliphatic heterocycles. The molecule has 108 valence electrons. The topological polar surface area (TPSA) is 50.4 Å². The number of anilines is 1. The number of nitrogens with one attached hydrogen (secondary N) is 2. The number of hydrogen-bond donors (Lipinski definition) is 2. The van der Waals surface area contributed by atoms with Gasteiger partial charge >= 0.3 is 0 Å². The van der Waals surface area contributed by atoms with Crippen LogP contribution in [0.15, 0.2) is 24.3 Å². The Kier molecular flexibility index (Phi) is 4.33. The summed E-state index contributed by atoms with van der Waals surface area (Å²) in [5, 5.41) is 6.22. The van der Waals surface area contributed by atoms with Crippen molar-refractivity contribution in [3.63, 3.8) is 0 Å². The fourth-order valence-corrected chi connectivity index (χ4v) is 2.49. The van der Waals surface area contributed by atoms with Crippen molar-refractivity contribution < 1.29 is 9.53 Å². The molecule has 1 amide bonds. The van der Waals surface area contributed by atoms with Gasteiger partial charge in [0.05, 0.1) is 12.5 Å². The van der Waals surface area contributed by atoms with Crippen molar-refractivity contribution in [1.29, 1.82) is 0 Å². The summed E-state index contributed by atoms with van der Waals surface area (Å²) < 4.78 is 5.68. The highest BCUT2D eigenvalue weighted by atomic mass is 16.5. The Morgan fingerprint density at radius 1 is 1.35 bits per heavy atom. The van der Waals surface area contributed by atoms with Gasteiger partial charge in [0.1, 0.15) is 0 Å². The summed E-state index contributed by atoms with van der Waals surface area (Å²) in [5.74, 6) is 1.00. The Hall–Kier alpha value is -1.39. The highest BCUT2D eigenvalue weighted by molar-refractivity contribution is 5.92. The number of carbonyl (C=O) groups is 1. The van der Waals surface area contributed by atoms with Crippen LogP contribution in [0.5, 0.6) is 0 Å². The fourth-order valence-electron chi connectivity index (χ4n) is 2.49. The zero-order valence-electron chi connectivity index (χ0n) is 11.7. The average Bonchev–Trinajstić information content (AvgIpc) is 3.10. The predicted octanol–water partition coefficient (Wildman–Crippen LogP) is 2.16. The molecule has 1 aromatic carbocycles. The van der Waals surface area contributed by atoms with Crippen LogP contribution in [0.4, 0.5) is 5.69 Å². The lowest BCUT2D eigenvalue weighted by Gasteiger charge is -2.11. The lowest BCUT2D eigenvalue weighted by Crippen LogP contribution is -2.24. The molecule has 4 heteroatoms. The molecule has 1 aromatic rings. The minimum Gasteiger partial charge on any atom is -0.376 e. The molecule has 2 N–H and O–H groups in total. The molecule has 0 spiro atoms. The summed E-state index contributed by atoms with van der Waals surface area (Å²) in [5.41, 5.74) is 1.99. The van der Waals surface area contributed by atoms with Crippen LogP contribution in [0.1, 0.15) is 24.8 Å². The lowest BCUT2D eigenvalue weighted by molar-refractivity contribution is -0.119. The normalized spacial score (nSPS) is 21.9. The van der Waals surface area contributed by atoms with Crippen molar-refractivity contribution in [1.82, 2.24) is 5.32 Å². The third-order valence-corrected chi connectivity index (χ3v) is 3.94. The summed E-state index contributed by atoms with van der Waals surface area (Å²) >= 11 is 0. The molecule has 1 unspecified atom stereocenters. The number of benzene rings is 1. The molecule has 0 aromatic heterocycles. The molecule has 20 heavy (non-hydrogen) atoms. The smallest absolute Gasteiger partial charge is 0.228 e. The first-order valence-corrected chi connectivity index (χ1v) is 7.49.